The average Bonchev–Trinajstić information content (AvgIpc) is 2.90. The molecule has 0 saturated heterocycles. The number of phenols is 1. The molecule has 0 bridgehead atoms. The Balaban J connectivity index is 1.82. The van der Waals surface area contributed by atoms with Crippen LogP contribution in [0.3, 0.4) is 0 Å². The standard InChI is InChI=1S/C29H32ClN5O3/c1-5-35(6-2)23-16-13-21(27(36)18-23)19-31-33-29(38)26(17-20-11-14-22(15-12-20)34(3)4)32-28(37)24-9-7-8-10-25(24)30/h7-19,36H,5-6H2,1-4H3,(H,32,37)(H,33,38)/b26-17+,31-19-. The Morgan fingerprint density at radius 2 is 1.63 bits per heavy atom. The van der Waals surface area contributed by atoms with Gasteiger partial charge >= 0.3 is 0 Å². The highest BCUT2D eigenvalue weighted by molar-refractivity contribution is 6.34. The van der Waals surface area contributed by atoms with Crippen LogP contribution in [0.15, 0.2) is 77.5 Å². The largest absolute Gasteiger partial charge is 0.507 e. The number of benzene rings is 3. The third-order valence-electron chi connectivity index (χ3n) is 5.84. The van der Waals surface area contributed by atoms with Gasteiger partial charge < -0.3 is 20.2 Å². The van der Waals surface area contributed by atoms with Crippen LogP contribution in [0.5, 0.6) is 5.75 Å². The number of hydrazone groups is 1. The molecular formula is C29H32ClN5O3. The maximum atomic E-state index is 13.1. The number of carbonyl (C=O) groups excluding carboxylic acids is 2. The molecule has 0 heterocycles. The first-order valence-corrected chi connectivity index (χ1v) is 12.6. The summed E-state index contributed by atoms with van der Waals surface area (Å²) < 4.78 is 0. The minimum atomic E-state index is -0.641. The summed E-state index contributed by atoms with van der Waals surface area (Å²) in [5, 5.41) is 17.3. The number of aromatic hydroxyl groups is 1. The van der Waals surface area contributed by atoms with Crippen molar-refractivity contribution in [3.63, 3.8) is 0 Å². The number of phenolic OH excluding ortho intramolecular Hbond substituents is 1. The summed E-state index contributed by atoms with van der Waals surface area (Å²) in [5.74, 6) is -1.13. The molecular weight excluding hydrogens is 502 g/mol. The number of anilines is 2. The van der Waals surface area contributed by atoms with Gasteiger partial charge in [0, 0.05) is 50.2 Å². The van der Waals surface area contributed by atoms with E-state index in [1.807, 2.05) is 63.2 Å². The first-order valence-electron chi connectivity index (χ1n) is 12.2. The maximum absolute atomic E-state index is 13.1. The molecule has 0 saturated carbocycles. The minimum Gasteiger partial charge on any atom is -0.507 e. The smallest absolute Gasteiger partial charge is 0.287 e. The zero-order valence-electron chi connectivity index (χ0n) is 21.9. The van der Waals surface area contributed by atoms with Crippen molar-refractivity contribution < 1.29 is 14.7 Å². The molecule has 0 atom stereocenters. The predicted octanol–water partition coefficient (Wildman–Crippen LogP) is 4.88. The lowest BCUT2D eigenvalue weighted by molar-refractivity contribution is -0.117. The van der Waals surface area contributed by atoms with Gasteiger partial charge in [0.2, 0.25) is 0 Å². The summed E-state index contributed by atoms with van der Waals surface area (Å²) in [6.45, 7) is 5.70. The SMILES string of the molecule is CCN(CC)c1ccc(/C=N\NC(=O)/C(=C\c2ccc(N(C)C)cc2)NC(=O)c2ccccc2Cl)c(O)c1. The van der Waals surface area contributed by atoms with Crippen LogP contribution in [0, 0.1) is 0 Å². The van der Waals surface area contributed by atoms with Crippen molar-refractivity contribution >= 4 is 47.1 Å². The lowest BCUT2D eigenvalue weighted by Crippen LogP contribution is -2.33. The summed E-state index contributed by atoms with van der Waals surface area (Å²) in [5.41, 5.74) is 5.66. The Hall–Kier alpha value is -4.30. The number of nitrogens with one attached hydrogen (secondary N) is 2. The van der Waals surface area contributed by atoms with E-state index in [4.69, 9.17) is 11.6 Å². The van der Waals surface area contributed by atoms with E-state index in [9.17, 15) is 14.7 Å². The van der Waals surface area contributed by atoms with E-state index < -0.39 is 11.8 Å². The second kappa shape index (κ2) is 13.3. The molecule has 3 N–H and O–H groups in total. The molecule has 2 amide bonds. The third kappa shape index (κ3) is 7.36. The van der Waals surface area contributed by atoms with Gasteiger partial charge in [-0.05, 0) is 61.9 Å². The van der Waals surface area contributed by atoms with Crippen LogP contribution in [0.1, 0.15) is 35.3 Å². The summed E-state index contributed by atoms with van der Waals surface area (Å²) in [6, 6.07) is 19.3. The van der Waals surface area contributed by atoms with E-state index in [1.165, 1.54) is 6.21 Å². The number of hydrogen-bond acceptors (Lipinski definition) is 6. The molecule has 0 aliphatic rings. The lowest BCUT2D eigenvalue weighted by Gasteiger charge is -2.21. The Kier molecular flexibility index (Phi) is 9.90. The highest BCUT2D eigenvalue weighted by Crippen LogP contribution is 2.23. The first-order chi connectivity index (χ1) is 18.2. The number of rotatable bonds is 10. The van der Waals surface area contributed by atoms with E-state index in [2.05, 4.69) is 20.7 Å². The molecule has 9 heteroatoms. The van der Waals surface area contributed by atoms with Crippen molar-refractivity contribution in [2.24, 2.45) is 5.10 Å². The number of nitrogens with zero attached hydrogens (tertiary/aromatic N) is 3. The average molecular weight is 534 g/mol. The van der Waals surface area contributed by atoms with Gasteiger partial charge in [-0.15, -0.1) is 0 Å². The van der Waals surface area contributed by atoms with Crippen molar-refractivity contribution in [2.45, 2.75) is 13.8 Å². The molecule has 3 rings (SSSR count). The second-order valence-corrected chi connectivity index (χ2v) is 9.00. The van der Waals surface area contributed by atoms with Crippen LogP contribution in [-0.2, 0) is 4.79 Å². The van der Waals surface area contributed by atoms with Crippen molar-refractivity contribution in [1.29, 1.82) is 0 Å². The van der Waals surface area contributed by atoms with Crippen LogP contribution in [0.4, 0.5) is 11.4 Å². The summed E-state index contributed by atoms with van der Waals surface area (Å²) >= 11 is 6.17. The molecule has 0 aliphatic heterocycles. The van der Waals surface area contributed by atoms with Crippen LogP contribution < -0.4 is 20.5 Å². The van der Waals surface area contributed by atoms with Crippen molar-refractivity contribution in [3.8, 4) is 5.75 Å². The van der Waals surface area contributed by atoms with Crippen molar-refractivity contribution in [2.75, 3.05) is 37.0 Å². The van der Waals surface area contributed by atoms with Gasteiger partial charge in [-0.3, -0.25) is 9.59 Å². The lowest BCUT2D eigenvalue weighted by atomic mass is 10.1. The predicted molar refractivity (Wildman–Crippen MR) is 155 cm³/mol. The van der Waals surface area contributed by atoms with Crippen molar-refractivity contribution in [1.82, 2.24) is 10.7 Å². The Morgan fingerprint density at radius 1 is 0.974 bits per heavy atom. The monoisotopic (exact) mass is 533 g/mol. The molecule has 0 fully saturated rings. The molecule has 8 nitrogen and oxygen atoms in total. The number of amides is 2. The summed E-state index contributed by atoms with van der Waals surface area (Å²) in [6.07, 6.45) is 2.90. The van der Waals surface area contributed by atoms with Crippen molar-refractivity contribution in [3.05, 3.63) is 94.1 Å². The molecule has 3 aromatic rings. The topological polar surface area (TPSA) is 97.3 Å². The maximum Gasteiger partial charge on any atom is 0.287 e. The zero-order chi connectivity index (χ0) is 27.7. The van der Waals surface area contributed by atoms with Crippen LogP contribution in [-0.4, -0.2) is 50.3 Å². The molecule has 0 spiro atoms. The van der Waals surface area contributed by atoms with E-state index in [0.717, 1.165) is 24.5 Å². The van der Waals surface area contributed by atoms with Gasteiger partial charge in [0.25, 0.3) is 11.8 Å². The third-order valence-corrected chi connectivity index (χ3v) is 6.17. The van der Waals surface area contributed by atoms with Crippen LogP contribution in [0.25, 0.3) is 6.08 Å². The van der Waals surface area contributed by atoms with Gasteiger partial charge in [0.15, 0.2) is 0 Å². The Labute approximate surface area is 228 Å². The molecule has 3 aromatic carbocycles. The van der Waals surface area contributed by atoms with Crippen LogP contribution in [0.2, 0.25) is 5.02 Å². The van der Waals surface area contributed by atoms with Gasteiger partial charge in [0.1, 0.15) is 11.4 Å². The fourth-order valence-corrected chi connectivity index (χ4v) is 3.90. The van der Waals surface area contributed by atoms with Gasteiger partial charge in [-0.2, -0.15) is 5.10 Å². The Bertz CT molecular complexity index is 1330. The normalized spacial score (nSPS) is 11.3. The fraction of sp³-hybridized carbons (Fsp3) is 0.207. The van der Waals surface area contributed by atoms with E-state index in [1.54, 1.807) is 42.5 Å². The quantitative estimate of drug-likeness (QED) is 0.196. The van der Waals surface area contributed by atoms with Crippen LogP contribution >= 0.6 is 11.6 Å². The summed E-state index contributed by atoms with van der Waals surface area (Å²) in [7, 11) is 3.86. The molecule has 0 aromatic heterocycles. The number of hydrogen-bond donors (Lipinski definition) is 3. The van der Waals surface area contributed by atoms with Gasteiger partial charge in [-0.25, -0.2) is 5.43 Å². The minimum absolute atomic E-state index is 0.0224. The fourth-order valence-electron chi connectivity index (χ4n) is 3.68. The molecule has 0 radical (unpaired) electrons. The molecule has 0 unspecified atom stereocenters. The van der Waals surface area contributed by atoms with Gasteiger partial charge in [-0.1, -0.05) is 35.9 Å². The van der Waals surface area contributed by atoms with Gasteiger partial charge in [0.05, 0.1) is 16.8 Å². The van der Waals surface area contributed by atoms with E-state index >= 15 is 0 Å². The molecule has 198 valence electrons. The summed E-state index contributed by atoms with van der Waals surface area (Å²) in [4.78, 5) is 30.0. The number of carbonyl (C=O) groups is 2. The highest BCUT2D eigenvalue weighted by Gasteiger charge is 2.16. The molecule has 0 aliphatic carbocycles. The van der Waals surface area contributed by atoms with E-state index in [-0.39, 0.29) is 22.0 Å². The number of halogens is 1. The second-order valence-electron chi connectivity index (χ2n) is 8.59. The molecule has 38 heavy (non-hydrogen) atoms. The Morgan fingerprint density at radius 3 is 2.24 bits per heavy atom. The first kappa shape index (κ1) is 28.3. The zero-order valence-corrected chi connectivity index (χ0v) is 22.7. The van der Waals surface area contributed by atoms with E-state index in [0.29, 0.717) is 11.1 Å². The highest BCUT2D eigenvalue weighted by atomic mass is 35.5.